The van der Waals surface area contributed by atoms with Gasteiger partial charge in [0.05, 0.1) is 17.8 Å². The van der Waals surface area contributed by atoms with Crippen LogP contribution in [-0.2, 0) is 13.1 Å². The van der Waals surface area contributed by atoms with Gasteiger partial charge in [-0.05, 0) is 152 Å². The van der Waals surface area contributed by atoms with Gasteiger partial charge in [0.1, 0.15) is 11.6 Å². The first-order valence-electron chi connectivity index (χ1n) is 18.3. The topological polar surface area (TPSA) is 63.9 Å². The molecule has 4 nitrogen and oxygen atoms in total. The van der Waals surface area contributed by atoms with Crippen molar-refractivity contribution in [1.29, 1.82) is 0 Å². The molecule has 0 spiro atoms. The van der Waals surface area contributed by atoms with E-state index in [1.54, 1.807) is 0 Å². The number of nitrogens with zero attached hydrogens (tertiary/aromatic N) is 1. The van der Waals surface area contributed by atoms with E-state index in [9.17, 15) is 24.1 Å². The van der Waals surface area contributed by atoms with E-state index in [1.165, 1.54) is 24.3 Å². The highest BCUT2D eigenvalue weighted by atomic mass is 19.1. The Bertz CT molecular complexity index is 1350. The van der Waals surface area contributed by atoms with Crippen molar-refractivity contribution in [2.45, 2.75) is 130 Å². The summed E-state index contributed by atoms with van der Waals surface area (Å²) in [6, 6.07) is 13.2. The largest absolute Gasteiger partial charge is 0.393 e. The lowest BCUT2D eigenvalue weighted by Gasteiger charge is -2.70. The van der Waals surface area contributed by atoms with Gasteiger partial charge in [0.2, 0.25) is 0 Å². The summed E-state index contributed by atoms with van der Waals surface area (Å²) >= 11 is 0. The van der Waals surface area contributed by atoms with E-state index in [4.69, 9.17) is 0 Å². The molecule has 4 fully saturated rings. The van der Waals surface area contributed by atoms with Crippen LogP contribution in [0.2, 0.25) is 0 Å². The van der Waals surface area contributed by atoms with Crippen molar-refractivity contribution < 1.29 is 24.1 Å². The summed E-state index contributed by atoms with van der Waals surface area (Å²) in [5.74, 6) is 0.400. The van der Waals surface area contributed by atoms with E-state index in [0.717, 1.165) is 69.0 Å². The van der Waals surface area contributed by atoms with Gasteiger partial charge in [-0.25, -0.2) is 8.78 Å². The fourth-order valence-electron chi connectivity index (χ4n) is 12.2. The molecule has 0 bridgehead atoms. The predicted octanol–water partition coefficient (Wildman–Crippen LogP) is 8.52. The maximum absolute atomic E-state index is 13.6. The van der Waals surface area contributed by atoms with Crippen LogP contribution in [0.1, 0.15) is 110 Å². The van der Waals surface area contributed by atoms with Gasteiger partial charge in [0, 0.05) is 13.1 Å². The maximum Gasteiger partial charge on any atom is 0.123 e. The molecule has 2 aromatic carbocycles. The third-order valence-electron chi connectivity index (χ3n) is 15.0. The molecule has 6 rings (SSSR count). The first kappa shape index (κ1) is 35.0. The van der Waals surface area contributed by atoms with Gasteiger partial charge >= 0.3 is 0 Å². The summed E-state index contributed by atoms with van der Waals surface area (Å²) in [7, 11) is 0. The lowest BCUT2D eigenvalue weighted by Crippen LogP contribution is -2.66. The van der Waals surface area contributed by atoms with Crippen molar-refractivity contribution in [1.82, 2.24) is 4.90 Å². The lowest BCUT2D eigenvalue weighted by atomic mass is 9.35. The Labute approximate surface area is 282 Å². The third kappa shape index (κ3) is 6.02. The van der Waals surface area contributed by atoms with E-state index in [1.807, 2.05) is 31.2 Å². The van der Waals surface area contributed by atoms with Crippen LogP contribution in [0.25, 0.3) is 0 Å². The molecule has 4 saturated carbocycles. The van der Waals surface area contributed by atoms with Gasteiger partial charge in [-0.1, -0.05) is 58.9 Å². The van der Waals surface area contributed by atoms with Crippen molar-refractivity contribution in [3.8, 4) is 0 Å². The summed E-state index contributed by atoms with van der Waals surface area (Å²) in [6.45, 7) is 15.9. The zero-order valence-electron chi connectivity index (χ0n) is 29.6. The summed E-state index contributed by atoms with van der Waals surface area (Å²) in [5, 5.41) is 35.3. The Morgan fingerprint density at radius 3 is 1.89 bits per heavy atom. The number of rotatable bonds is 9. The molecule has 0 aromatic heterocycles. The summed E-state index contributed by atoms with van der Waals surface area (Å²) in [4.78, 5) is 2.29. The number of benzene rings is 2. The van der Waals surface area contributed by atoms with Crippen LogP contribution in [0.5, 0.6) is 0 Å². The maximum atomic E-state index is 13.6. The van der Waals surface area contributed by atoms with E-state index >= 15 is 0 Å². The fraction of sp³-hybridized carbons (Fsp3) is 0.707. The number of hydrogen-bond acceptors (Lipinski definition) is 4. The van der Waals surface area contributed by atoms with Gasteiger partial charge in [-0.2, -0.15) is 0 Å². The predicted molar refractivity (Wildman–Crippen MR) is 183 cm³/mol. The molecule has 6 heteroatoms. The molecule has 3 unspecified atom stereocenters. The number of aliphatic hydroxyl groups excluding tert-OH is 2. The lowest BCUT2D eigenvalue weighted by molar-refractivity contribution is -0.246. The zero-order valence-corrected chi connectivity index (χ0v) is 29.6. The van der Waals surface area contributed by atoms with Crippen molar-refractivity contribution >= 4 is 0 Å². The minimum atomic E-state index is -0.915. The van der Waals surface area contributed by atoms with Crippen LogP contribution in [0.15, 0.2) is 48.5 Å². The molecule has 2 aromatic rings. The van der Waals surface area contributed by atoms with Crippen LogP contribution in [0.3, 0.4) is 0 Å². The standard InChI is InChI=1S/C41H59F2NO3/c1-37(2)33-17-22-39(4)34(38(33,3)20-18-35(37)46)24-32(45)36-31(16-21-40(36,39)5)41(6,47)19-7-23-44(25-27-8-12-29(42)13-9-27)26-28-10-14-30(43)15-11-28/h8-15,31-36,45-47H,7,16-26H2,1-6H3/t31-,32+,33?,34?,35-,36?,38-,39+,40+,41-/m0/s1. The van der Waals surface area contributed by atoms with Gasteiger partial charge < -0.3 is 15.3 Å². The van der Waals surface area contributed by atoms with E-state index < -0.39 is 11.7 Å². The molecule has 0 radical (unpaired) electrons. The minimum Gasteiger partial charge on any atom is -0.393 e. The van der Waals surface area contributed by atoms with Gasteiger partial charge in [-0.15, -0.1) is 0 Å². The van der Waals surface area contributed by atoms with Crippen molar-refractivity contribution in [3.05, 3.63) is 71.3 Å². The Hall–Kier alpha value is -1.86. The average molecular weight is 652 g/mol. The summed E-state index contributed by atoms with van der Waals surface area (Å²) in [6.07, 6.45) is 7.51. The van der Waals surface area contributed by atoms with Crippen LogP contribution in [0.4, 0.5) is 8.78 Å². The molecule has 0 heterocycles. The molecule has 4 aliphatic carbocycles. The van der Waals surface area contributed by atoms with Crippen LogP contribution in [0, 0.1) is 57.0 Å². The number of halogens is 2. The second-order valence-electron chi connectivity index (χ2n) is 17.8. The van der Waals surface area contributed by atoms with Crippen LogP contribution < -0.4 is 0 Å². The number of fused-ring (bicyclic) bond motifs is 5. The molecule has 10 atom stereocenters. The molecule has 4 aliphatic rings. The second-order valence-corrected chi connectivity index (χ2v) is 17.8. The molecular formula is C41H59F2NO3. The van der Waals surface area contributed by atoms with Crippen molar-refractivity contribution in [2.75, 3.05) is 6.54 Å². The third-order valence-corrected chi connectivity index (χ3v) is 15.0. The molecule has 3 N–H and O–H groups in total. The Balaban J connectivity index is 1.17. The highest BCUT2D eigenvalue weighted by Crippen LogP contribution is 2.75. The van der Waals surface area contributed by atoms with E-state index in [-0.39, 0.29) is 51.2 Å². The van der Waals surface area contributed by atoms with Gasteiger partial charge in [0.15, 0.2) is 0 Å². The highest BCUT2D eigenvalue weighted by Gasteiger charge is 2.71. The van der Waals surface area contributed by atoms with Gasteiger partial charge in [-0.3, -0.25) is 4.90 Å². The molecule has 47 heavy (non-hydrogen) atoms. The first-order chi connectivity index (χ1) is 22.0. The SMILES string of the molecule is CC1(C)C2CC[C@]3(C)C(C[C@@H](O)C4[C@@H]([C@@](C)(O)CCCN(Cc5ccc(F)cc5)Cc5ccc(F)cc5)CC[C@]43C)[C@@]2(C)CC[C@@H]1O. The molecule has 0 amide bonds. The number of aliphatic hydroxyl groups is 3. The summed E-state index contributed by atoms with van der Waals surface area (Å²) < 4.78 is 27.2. The van der Waals surface area contributed by atoms with Crippen molar-refractivity contribution in [2.24, 2.45) is 45.3 Å². The van der Waals surface area contributed by atoms with E-state index in [2.05, 4.69) is 39.5 Å². The Kier molecular flexibility index (Phi) is 9.29. The van der Waals surface area contributed by atoms with Crippen LogP contribution >= 0.6 is 0 Å². The fourth-order valence-corrected chi connectivity index (χ4v) is 12.2. The highest BCUT2D eigenvalue weighted by molar-refractivity contribution is 5.21. The average Bonchev–Trinajstić information content (AvgIpc) is 3.39. The van der Waals surface area contributed by atoms with Gasteiger partial charge in [0.25, 0.3) is 0 Å². The summed E-state index contributed by atoms with van der Waals surface area (Å²) in [5.41, 5.74) is 1.09. The smallest absolute Gasteiger partial charge is 0.123 e. The number of hydrogen-bond donors (Lipinski definition) is 3. The Morgan fingerprint density at radius 1 is 0.766 bits per heavy atom. The normalized spacial score (nSPS) is 39.1. The second kappa shape index (κ2) is 12.5. The first-order valence-corrected chi connectivity index (χ1v) is 18.3. The van der Waals surface area contributed by atoms with E-state index in [0.29, 0.717) is 31.3 Å². The quantitative estimate of drug-likeness (QED) is 0.254. The molecule has 260 valence electrons. The van der Waals surface area contributed by atoms with Crippen LogP contribution in [-0.4, -0.2) is 44.6 Å². The molecule has 0 aliphatic heterocycles. The minimum absolute atomic E-state index is 0.0260. The zero-order chi connectivity index (χ0) is 34.0. The molecule has 0 saturated heterocycles. The van der Waals surface area contributed by atoms with Crippen molar-refractivity contribution in [3.63, 3.8) is 0 Å². The molecular weight excluding hydrogens is 592 g/mol. The Morgan fingerprint density at radius 2 is 1.32 bits per heavy atom. The monoisotopic (exact) mass is 651 g/mol.